The summed E-state index contributed by atoms with van der Waals surface area (Å²) in [4.78, 5) is 23.4. The van der Waals surface area contributed by atoms with Crippen LogP contribution in [0.3, 0.4) is 0 Å². The Kier molecular flexibility index (Phi) is 9.39. The Hall–Kier alpha value is -2.14. The molecule has 0 aliphatic carbocycles. The number of halogens is 2. The molecule has 1 N–H and O–H groups in total. The molecule has 7 nitrogen and oxygen atoms in total. The fraction of sp³-hybridized carbons (Fsp3) is 0.250. The van der Waals surface area contributed by atoms with Crippen molar-refractivity contribution < 1.29 is 23.8 Å². The van der Waals surface area contributed by atoms with Gasteiger partial charge in [0.2, 0.25) is 5.91 Å². The first kappa shape index (κ1) is 23.1. The molecule has 0 spiro atoms. The van der Waals surface area contributed by atoms with Gasteiger partial charge >= 0.3 is 5.97 Å². The zero-order chi connectivity index (χ0) is 21.2. The summed E-state index contributed by atoms with van der Waals surface area (Å²) >= 11 is 5.44. The molecule has 2 aromatic carbocycles. The number of hydrogen-bond donors (Lipinski definition) is 1. The van der Waals surface area contributed by atoms with Crippen molar-refractivity contribution in [2.75, 3.05) is 20.3 Å². The van der Waals surface area contributed by atoms with Crippen LogP contribution in [0.25, 0.3) is 0 Å². The fourth-order valence-electron chi connectivity index (χ4n) is 2.26. The first-order chi connectivity index (χ1) is 13.9. The average molecular weight is 575 g/mol. The van der Waals surface area contributed by atoms with Crippen molar-refractivity contribution in [2.45, 2.75) is 13.3 Å². The molecule has 1 amide bonds. The van der Waals surface area contributed by atoms with E-state index < -0.39 is 5.97 Å². The predicted molar refractivity (Wildman–Crippen MR) is 121 cm³/mol. The maximum atomic E-state index is 12.0. The third-order valence-corrected chi connectivity index (χ3v) is 4.90. The van der Waals surface area contributed by atoms with Crippen molar-refractivity contribution in [1.29, 1.82) is 0 Å². The largest absolute Gasteiger partial charge is 0.490 e. The Labute approximate surface area is 191 Å². The van der Waals surface area contributed by atoms with E-state index in [1.54, 1.807) is 12.1 Å². The number of carbonyl (C=O) groups excluding carboxylic acids is 2. The van der Waals surface area contributed by atoms with E-state index in [-0.39, 0.29) is 18.9 Å². The Morgan fingerprint density at radius 1 is 1.21 bits per heavy atom. The molecule has 0 radical (unpaired) electrons. The van der Waals surface area contributed by atoms with Crippen molar-refractivity contribution in [2.24, 2.45) is 5.10 Å². The Balaban J connectivity index is 2.04. The number of nitrogens with zero attached hydrogens (tertiary/aromatic N) is 1. The summed E-state index contributed by atoms with van der Waals surface area (Å²) in [5.41, 5.74) is 4.12. The van der Waals surface area contributed by atoms with Crippen molar-refractivity contribution in [3.63, 3.8) is 0 Å². The molecule has 0 heterocycles. The van der Waals surface area contributed by atoms with E-state index >= 15 is 0 Å². The molecule has 9 heteroatoms. The molecule has 0 unspecified atom stereocenters. The van der Waals surface area contributed by atoms with E-state index in [0.29, 0.717) is 23.7 Å². The van der Waals surface area contributed by atoms with Gasteiger partial charge < -0.3 is 14.2 Å². The van der Waals surface area contributed by atoms with Crippen LogP contribution in [-0.4, -0.2) is 38.4 Å². The number of benzene rings is 2. The summed E-state index contributed by atoms with van der Waals surface area (Å²) < 4.78 is 17.4. The molecule has 0 saturated carbocycles. The number of esters is 1. The predicted octanol–water partition coefficient (Wildman–Crippen LogP) is 3.70. The normalized spacial score (nSPS) is 10.6. The number of nitrogens with one attached hydrogen (secondary N) is 1. The second kappa shape index (κ2) is 11.8. The highest BCUT2D eigenvalue weighted by molar-refractivity contribution is 14.1. The van der Waals surface area contributed by atoms with E-state index in [1.165, 1.54) is 13.3 Å². The lowest BCUT2D eigenvalue weighted by molar-refractivity contribution is -0.143. The number of hydrogen-bond acceptors (Lipinski definition) is 6. The second-order valence-electron chi connectivity index (χ2n) is 5.72. The maximum absolute atomic E-state index is 12.0. The average Bonchev–Trinajstić information content (AvgIpc) is 2.69. The smallest absolute Gasteiger partial charge is 0.343 e. The first-order valence-electron chi connectivity index (χ1n) is 8.65. The van der Waals surface area contributed by atoms with Crippen LogP contribution >= 0.6 is 38.5 Å². The van der Waals surface area contributed by atoms with Crippen LogP contribution in [0.5, 0.6) is 11.5 Å². The molecule has 2 rings (SSSR count). The van der Waals surface area contributed by atoms with Gasteiger partial charge in [-0.2, -0.15) is 5.10 Å². The number of methoxy groups -OCH3 is 1. The fourth-order valence-corrected chi connectivity index (χ4v) is 3.31. The SMILES string of the molecule is CCOc1cc(/C=N/NC(=O)Cc2ccc(Br)cc2)cc(I)c1OCC(=O)OC. The quantitative estimate of drug-likeness (QED) is 0.214. The van der Waals surface area contributed by atoms with Gasteiger partial charge in [0.15, 0.2) is 18.1 Å². The number of ether oxygens (including phenoxy) is 3. The van der Waals surface area contributed by atoms with Gasteiger partial charge in [-0.15, -0.1) is 0 Å². The van der Waals surface area contributed by atoms with Gasteiger partial charge in [-0.25, -0.2) is 10.2 Å². The molecule has 0 bridgehead atoms. The molecule has 154 valence electrons. The standard InChI is InChI=1S/C20H20BrIN2O5/c1-3-28-17-9-14(8-16(22)20(17)29-12-19(26)27-2)11-23-24-18(25)10-13-4-6-15(21)7-5-13/h4-9,11H,3,10,12H2,1-2H3,(H,24,25)/b23-11+. The number of hydrazone groups is 1. The molecule has 0 saturated heterocycles. The zero-order valence-corrected chi connectivity index (χ0v) is 19.7. The van der Waals surface area contributed by atoms with Crippen molar-refractivity contribution in [3.8, 4) is 11.5 Å². The van der Waals surface area contributed by atoms with Crippen LogP contribution in [0, 0.1) is 3.57 Å². The second-order valence-corrected chi connectivity index (χ2v) is 7.80. The molecule has 2 aromatic rings. The maximum Gasteiger partial charge on any atom is 0.343 e. The van der Waals surface area contributed by atoms with Gasteiger partial charge in [0.1, 0.15) is 0 Å². The molecule has 0 fully saturated rings. The van der Waals surface area contributed by atoms with E-state index in [0.717, 1.165) is 13.6 Å². The summed E-state index contributed by atoms with van der Waals surface area (Å²) in [6.45, 7) is 2.06. The third kappa shape index (κ3) is 7.65. The summed E-state index contributed by atoms with van der Waals surface area (Å²) in [6.07, 6.45) is 1.75. The van der Waals surface area contributed by atoms with Crippen molar-refractivity contribution in [3.05, 3.63) is 55.6 Å². The van der Waals surface area contributed by atoms with E-state index in [4.69, 9.17) is 9.47 Å². The van der Waals surface area contributed by atoms with E-state index in [2.05, 4.69) is 53.8 Å². The molecule has 0 aliphatic rings. The van der Waals surface area contributed by atoms with Crippen LogP contribution < -0.4 is 14.9 Å². The molecule has 0 atom stereocenters. The minimum Gasteiger partial charge on any atom is -0.490 e. The first-order valence-corrected chi connectivity index (χ1v) is 10.5. The minimum absolute atomic E-state index is 0.216. The number of rotatable bonds is 9. The Morgan fingerprint density at radius 2 is 1.93 bits per heavy atom. The number of amides is 1. The molecule has 0 aromatic heterocycles. The van der Waals surface area contributed by atoms with Crippen molar-refractivity contribution >= 4 is 56.6 Å². The molecule has 0 aliphatic heterocycles. The molecule has 29 heavy (non-hydrogen) atoms. The summed E-state index contributed by atoms with van der Waals surface area (Å²) in [6, 6.07) is 11.0. The lowest BCUT2D eigenvalue weighted by atomic mass is 10.1. The number of carbonyl (C=O) groups is 2. The topological polar surface area (TPSA) is 86.2 Å². The van der Waals surface area contributed by atoms with Gasteiger partial charge in [0, 0.05) is 4.47 Å². The van der Waals surface area contributed by atoms with Gasteiger partial charge in [-0.1, -0.05) is 28.1 Å². The van der Waals surface area contributed by atoms with Gasteiger partial charge in [0.25, 0.3) is 0 Å². The highest BCUT2D eigenvalue weighted by Crippen LogP contribution is 2.34. The van der Waals surface area contributed by atoms with Crippen molar-refractivity contribution in [1.82, 2.24) is 5.43 Å². The van der Waals surface area contributed by atoms with Crippen LogP contribution in [0.4, 0.5) is 0 Å². The Bertz CT molecular complexity index is 887. The van der Waals surface area contributed by atoms with E-state index in [1.807, 2.05) is 31.2 Å². The van der Waals surface area contributed by atoms with Crippen LogP contribution in [0.1, 0.15) is 18.1 Å². The van der Waals surface area contributed by atoms with Gasteiger partial charge in [-0.3, -0.25) is 4.79 Å². The van der Waals surface area contributed by atoms with Crippen LogP contribution in [-0.2, 0) is 20.7 Å². The molecular formula is C20H20BrIN2O5. The molecular weight excluding hydrogens is 555 g/mol. The zero-order valence-electron chi connectivity index (χ0n) is 15.9. The van der Waals surface area contributed by atoms with Gasteiger partial charge in [0.05, 0.1) is 29.9 Å². The Morgan fingerprint density at radius 3 is 2.59 bits per heavy atom. The van der Waals surface area contributed by atoms with Crippen LogP contribution in [0.15, 0.2) is 46.0 Å². The third-order valence-electron chi connectivity index (χ3n) is 3.57. The summed E-state index contributed by atoms with van der Waals surface area (Å²) in [5.74, 6) is 0.226. The highest BCUT2D eigenvalue weighted by Gasteiger charge is 2.14. The van der Waals surface area contributed by atoms with Crippen LogP contribution in [0.2, 0.25) is 0 Å². The monoisotopic (exact) mass is 574 g/mol. The lowest BCUT2D eigenvalue weighted by Crippen LogP contribution is -2.19. The van der Waals surface area contributed by atoms with Gasteiger partial charge in [-0.05, 0) is 64.9 Å². The minimum atomic E-state index is -0.484. The lowest BCUT2D eigenvalue weighted by Gasteiger charge is -2.14. The summed E-state index contributed by atoms with van der Waals surface area (Å²) in [5, 5.41) is 4.01. The highest BCUT2D eigenvalue weighted by atomic mass is 127. The summed E-state index contributed by atoms with van der Waals surface area (Å²) in [7, 11) is 1.30. The van der Waals surface area contributed by atoms with E-state index in [9.17, 15) is 9.59 Å².